The first-order valence-corrected chi connectivity index (χ1v) is 8.40. The lowest BCUT2D eigenvalue weighted by atomic mass is 10.1. The predicted molar refractivity (Wildman–Crippen MR) is 92.2 cm³/mol. The third-order valence-corrected chi connectivity index (χ3v) is 4.37. The van der Waals surface area contributed by atoms with E-state index < -0.39 is 0 Å². The van der Waals surface area contributed by atoms with E-state index >= 15 is 0 Å². The molecule has 0 bridgehead atoms. The molecule has 0 aliphatic carbocycles. The summed E-state index contributed by atoms with van der Waals surface area (Å²) in [6, 6.07) is 8.72. The molecule has 2 aromatic rings. The Morgan fingerprint density at radius 2 is 1.83 bits per heavy atom. The average molecular weight is 326 g/mol. The van der Waals surface area contributed by atoms with Gasteiger partial charge in [-0.2, -0.15) is 0 Å². The Labute approximate surface area is 141 Å². The number of carbonyl (C=O) groups is 2. The van der Waals surface area contributed by atoms with Crippen LogP contribution in [0.5, 0.6) is 0 Å². The molecule has 2 amide bonds. The fourth-order valence-electron chi connectivity index (χ4n) is 2.94. The fourth-order valence-corrected chi connectivity index (χ4v) is 2.94. The number of carbonyl (C=O) groups excluding carboxylic acids is 2. The zero-order valence-corrected chi connectivity index (χ0v) is 13.9. The van der Waals surface area contributed by atoms with Gasteiger partial charge < -0.3 is 14.6 Å². The number of furan rings is 1. The van der Waals surface area contributed by atoms with Crippen LogP contribution in [0.4, 0.5) is 5.69 Å². The summed E-state index contributed by atoms with van der Waals surface area (Å²) in [5, 5.41) is 2.82. The first kappa shape index (κ1) is 16.3. The summed E-state index contributed by atoms with van der Waals surface area (Å²) in [4.78, 5) is 26.8. The van der Waals surface area contributed by atoms with E-state index in [9.17, 15) is 9.59 Å². The summed E-state index contributed by atoms with van der Waals surface area (Å²) < 4.78 is 5.11. The van der Waals surface area contributed by atoms with Crippen molar-refractivity contribution in [2.45, 2.75) is 32.6 Å². The maximum Gasteiger partial charge on any atom is 0.291 e. The van der Waals surface area contributed by atoms with Gasteiger partial charge in [0.1, 0.15) is 0 Å². The van der Waals surface area contributed by atoms with Gasteiger partial charge in [-0.25, -0.2) is 0 Å². The second kappa shape index (κ2) is 7.34. The van der Waals surface area contributed by atoms with Crippen LogP contribution < -0.4 is 5.32 Å². The monoisotopic (exact) mass is 326 g/mol. The van der Waals surface area contributed by atoms with E-state index in [1.54, 1.807) is 18.2 Å². The quantitative estimate of drug-likeness (QED) is 0.931. The smallest absolute Gasteiger partial charge is 0.291 e. The van der Waals surface area contributed by atoms with E-state index in [0.717, 1.165) is 31.5 Å². The topological polar surface area (TPSA) is 62.6 Å². The molecular formula is C19H22N2O3. The summed E-state index contributed by atoms with van der Waals surface area (Å²) >= 11 is 0. The van der Waals surface area contributed by atoms with Crippen molar-refractivity contribution in [3.63, 3.8) is 0 Å². The van der Waals surface area contributed by atoms with Crippen LogP contribution in [0.1, 0.15) is 52.2 Å². The summed E-state index contributed by atoms with van der Waals surface area (Å²) in [5.74, 6) is -0.0356. The van der Waals surface area contributed by atoms with E-state index in [2.05, 4.69) is 5.32 Å². The third kappa shape index (κ3) is 3.67. The van der Waals surface area contributed by atoms with Crippen molar-refractivity contribution < 1.29 is 14.0 Å². The van der Waals surface area contributed by atoms with Crippen molar-refractivity contribution in [3.05, 3.63) is 53.5 Å². The molecule has 0 atom stereocenters. The second-order valence-corrected chi connectivity index (χ2v) is 6.17. The third-order valence-electron chi connectivity index (χ3n) is 4.37. The molecule has 2 heterocycles. The van der Waals surface area contributed by atoms with Crippen LogP contribution in [0.3, 0.4) is 0 Å². The van der Waals surface area contributed by atoms with Crippen LogP contribution in [-0.4, -0.2) is 29.8 Å². The minimum atomic E-state index is -0.317. The summed E-state index contributed by atoms with van der Waals surface area (Å²) in [7, 11) is 0. The highest BCUT2D eigenvalue weighted by atomic mass is 16.3. The van der Waals surface area contributed by atoms with Gasteiger partial charge in [-0.05, 0) is 49.6 Å². The van der Waals surface area contributed by atoms with E-state index in [4.69, 9.17) is 4.42 Å². The Kier molecular flexibility index (Phi) is 4.99. The maximum absolute atomic E-state index is 12.7. The number of nitrogens with one attached hydrogen (secondary N) is 1. The number of aryl methyl sites for hydroxylation is 1. The van der Waals surface area contributed by atoms with Crippen LogP contribution in [0.25, 0.3) is 0 Å². The molecule has 126 valence electrons. The zero-order valence-electron chi connectivity index (χ0n) is 13.9. The highest BCUT2D eigenvalue weighted by Crippen LogP contribution is 2.20. The highest BCUT2D eigenvalue weighted by molar-refractivity contribution is 6.03. The molecule has 1 aliphatic heterocycles. The number of hydrogen-bond donors (Lipinski definition) is 1. The van der Waals surface area contributed by atoms with Gasteiger partial charge in [0, 0.05) is 24.3 Å². The normalized spacial score (nSPS) is 15.0. The predicted octanol–water partition coefficient (Wildman–Crippen LogP) is 3.86. The van der Waals surface area contributed by atoms with Gasteiger partial charge in [-0.1, -0.05) is 18.9 Å². The van der Waals surface area contributed by atoms with Gasteiger partial charge in [-0.15, -0.1) is 0 Å². The van der Waals surface area contributed by atoms with Crippen molar-refractivity contribution in [3.8, 4) is 0 Å². The minimum absolute atomic E-state index is 0.0328. The van der Waals surface area contributed by atoms with Crippen LogP contribution >= 0.6 is 0 Å². The Morgan fingerprint density at radius 1 is 1.08 bits per heavy atom. The molecule has 3 rings (SSSR count). The Balaban J connectivity index is 1.77. The van der Waals surface area contributed by atoms with Crippen molar-refractivity contribution in [1.29, 1.82) is 0 Å². The Hall–Kier alpha value is -2.56. The lowest BCUT2D eigenvalue weighted by molar-refractivity contribution is 0.0761. The van der Waals surface area contributed by atoms with Gasteiger partial charge in [0.05, 0.1) is 6.26 Å². The van der Waals surface area contributed by atoms with E-state index in [0.29, 0.717) is 11.3 Å². The number of amides is 2. The lowest BCUT2D eigenvalue weighted by Crippen LogP contribution is -2.31. The van der Waals surface area contributed by atoms with E-state index in [1.807, 2.05) is 24.0 Å². The molecule has 1 saturated heterocycles. The first-order chi connectivity index (χ1) is 11.6. The van der Waals surface area contributed by atoms with Gasteiger partial charge in [0.15, 0.2) is 5.76 Å². The van der Waals surface area contributed by atoms with Crippen molar-refractivity contribution >= 4 is 17.5 Å². The zero-order chi connectivity index (χ0) is 16.9. The molecule has 1 fully saturated rings. The van der Waals surface area contributed by atoms with Gasteiger partial charge >= 0.3 is 0 Å². The summed E-state index contributed by atoms with van der Waals surface area (Å²) in [6.07, 6.45) is 5.94. The first-order valence-electron chi connectivity index (χ1n) is 8.40. The molecule has 1 aliphatic rings. The number of rotatable bonds is 3. The molecule has 5 nitrogen and oxygen atoms in total. The van der Waals surface area contributed by atoms with Crippen LogP contribution in [0.15, 0.2) is 41.0 Å². The SMILES string of the molecule is Cc1ccc(C(=O)N2CCCCCC2)cc1NC(=O)c1ccco1. The molecule has 0 saturated carbocycles. The summed E-state index contributed by atoms with van der Waals surface area (Å²) in [6.45, 7) is 3.51. The highest BCUT2D eigenvalue weighted by Gasteiger charge is 2.19. The van der Waals surface area contributed by atoms with E-state index in [1.165, 1.54) is 19.1 Å². The number of benzene rings is 1. The molecule has 24 heavy (non-hydrogen) atoms. The lowest BCUT2D eigenvalue weighted by Gasteiger charge is -2.21. The minimum Gasteiger partial charge on any atom is -0.459 e. The van der Waals surface area contributed by atoms with Crippen molar-refractivity contribution in [2.75, 3.05) is 18.4 Å². The van der Waals surface area contributed by atoms with Crippen LogP contribution in [0.2, 0.25) is 0 Å². The van der Waals surface area contributed by atoms with Crippen molar-refractivity contribution in [2.24, 2.45) is 0 Å². The maximum atomic E-state index is 12.7. The number of anilines is 1. The van der Waals surface area contributed by atoms with E-state index in [-0.39, 0.29) is 17.6 Å². The number of nitrogens with zero attached hydrogens (tertiary/aromatic N) is 1. The second-order valence-electron chi connectivity index (χ2n) is 6.17. The van der Waals surface area contributed by atoms with Crippen molar-refractivity contribution in [1.82, 2.24) is 4.90 Å². The molecule has 5 heteroatoms. The van der Waals surface area contributed by atoms with Gasteiger partial charge in [0.2, 0.25) is 0 Å². The number of hydrogen-bond acceptors (Lipinski definition) is 3. The largest absolute Gasteiger partial charge is 0.459 e. The Morgan fingerprint density at radius 3 is 2.50 bits per heavy atom. The molecule has 0 spiro atoms. The summed E-state index contributed by atoms with van der Waals surface area (Å²) in [5.41, 5.74) is 2.15. The number of likely N-dealkylation sites (tertiary alicyclic amines) is 1. The molecular weight excluding hydrogens is 304 g/mol. The molecule has 1 N–H and O–H groups in total. The molecule has 1 aromatic carbocycles. The van der Waals surface area contributed by atoms with Crippen LogP contribution in [0, 0.1) is 6.92 Å². The molecule has 0 radical (unpaired) electrons. The van der Waals surface area contributed by atoms with Gasteiger partial charge in [0.25, 0.3) is 11.8 Å². The van der Waals surface area contributed by atoms with Gasteiger partial charge in [-0.3, -0.25) is 9.59 Å². The van der Waals surface area contributed by atoms with Crippen LogP contribution in [-0.2, 0) is 0 Å². The standard InChI is InChI=1S/C19H22N2O3/c1-14-8-9-15(19(23)21-10-4-2-3-5-11-21)13-16(14)20-18(22)17-7-6-12-24-17/h6-9,12-13H,2-5,10-11H2,1H3,(H,20,22). The fraction of sp³-hybridized carbons (Fsp3) is 0.368. The average Bonchev–Trinajstić information content (AvgIpc) is 2.99. The molecule has 1 aromatic heterocycles. The Bertz CT molecular complexity index is 714. The molecule has 0 unspecified atom stereocenters.